The fourth-order valence-electron chi connectivity index (χ4n) is 3.94. The zero-order chi connectivity index (χ0) is 21.8. The molecule has 0 atom stereocenters. The van der Waals surface area contributed by atoms with Crippen LogP contribution in [-0.4, -0.2) is 67.5 Å². The summed E-state index contributed by atoms with van der Waals surface area (Å²) in [5.41, 5.74) is 1.95. The van der Waals surface area contributed by atoms with Crippen molar-refractivity contribution in [3.63, 3.8) is 0 Å². The number of rotatable bonds is 5. The minimum Gasteiger partial charge on any atom is -0.406 e. The van der Waals surface area contributed by atoms with E-state index in [-0.39, 0.29) is 11.8 Å². The van der Waals surface area contributed by atoms with E-state index in [0.717, 1.165) is 37.4 Å². The average Bonchev–Trinajstić information content (AvgIpc) is 2.72. The lowest BCUT2D eigenvalue weighted by molar-refractivity contribution is -0.274. The first-order valence-corrected chi connectivity index (χ1v) is 10.3. The van der Waals surface area contributed by atoms with Crippen LogP contribution in [0.2, 0.25) is 0 Å². The molecule has 0 bridgehead atoms. The van der Waals surface area contributed by atoms with Crippen LogP contribution in [0.5, 0.6) is 5.75 Å². The third-order valence-corrected chi connectivity index (χ3v) is 5.70. The van der Waals surface area contributed by atoms with Crippen LogP contribution < -0.4 is 15.0 Å². The Balaban J connectivity index is 1.18. The number of likely N-dealkylation sites (tertiary alicyclic amines) is 1. The maximum Gasteiger partial charge on any atom is 0.573 e. The van der Waals surface area contributed by atoms with Gasteiger partial charge < -0.3 is 19.9 Å². The Morgan fingerprint density at radius 1 is 0.968 bits per heavy atom. The van der Waals surface area contributed by atoms with Crippen LogP contribution in [0, 0.1) is 0 Å². The zero-order valence-corrected chi connectivity index (χ0v) is 17.0. The van der Waals surface area contributed by atoms with Gasteiger partial charge in [-0.15, -0.1) is 13.2 Å². The van der Waals surface area contributed by atoms with Gasteiger partial charge in [-0.1, -0.05) is 30.3 Å². The van der Waals surface area contributed by atoms with Crippen molar-refractivity contribution in [1.29, 1.82) is 0 Å². The number of nitrogens with one attached hydrogen (secondary N) is 1. The Bertz CT molecular complexity index is 863. The Morgan fingerprint density at radius 3 is 2.23 bits per heavy atom. The maximum atomic E-state index is 12.3. The summed E-state index contributed by atoms with van der Waals surface area (Å²) in [7, 11) is 0. The Kier molecular flexibility index (Phi) is 6.22. The van der Waals surface area contributed by atoms with E-state index in [1.165, 1.54) is 12.1 Å². The van der Waals surface area contributed by atoms with Gasteiger partial charge in [-0.3, -0.25) is 4.90 Å². The van der Waals surface area contributed by atoms with Gasteiger partial charge in [0.2, 0.25) is 0 Å². The summed E-state index contributed by atoms with van der Waals surface area (Å²) in [6, 6.07) is 16.1. The fraction of sp³-hybridized carbons (Fsp3) is 0.409. The summed E-state index contributed by atoms with van der Waals surface area (Å²) in [4.78, 5) is 18.6. The van der Waals surface area contributed by atoms with Crippen LogP contribution in [0.4, 0.5) is 23.7 Å². The highest BCUT2D eigenvalue weighted by Gasteiger charge is 2.36. The molecule has 4 rings (SSSR count). The molecule has 0 spiro atoms. The van der Waals surface area contributed by atoms with Gasteiger partial charge in [0.25, 0.3) is 0 Å². The van der Waals surface area contributed by atoms with E-state index < -0.39 is 6.36 Å². The quantitative estimate of drug-likeness (QED) is 0.785. The summed E-state index contributed by atoms with van der Waals surface area (Å²) in [6.07, 6.45) is -4.68. The number of hydrogen-bond donors (Lipinski definition) is 1. The fourth-order valence-corrected chi connectivity index (χ4v) is 3.94. The molecule has 2 aromatic rings. The number of carbonyl (C=O) groups is 1. The minimum absolute atomic E-state index is 0.0418. The molecule has 0 unspecified atom stereocenters. The Labute approximate surface area is 179 Å². The number of nitrogens with zero attached hydrogens (tertiary/aromatic N) is 3. The summed E-state index contributed by atoms with van der Waals surface area (Å²) in [6.45, 7) is 5.22. The van der Waals surface area contributed by atoms with Crippen LogP contribution in [0.1, 0.15) is 5.56 Å². The standard InChI is InChI=1S/C22H25F3N4O2/c23-22(24,25)31-20-8-6-18(7-9-20)27-10-12-28(13-11-27)19-15-29(16-19)21(30)26-14-17-4-2-1-3-5-17/h1-9,19H,10-16H2,(H,26,30). The molecular weight excluding hydrogens is 409 g/mol. The number of amides is 2. The first kappa shape index (κ1) is 21.3. The van der Waals surface area contributed by atoms with E-state index in [2.05, 4.69) is 19.9 Å². The van der Waals surface area contributed by atoms with Gasteiger partial charge in [-0.2, -0.15) is 0 Å². The molecule has 31 heavy (non-hydrogen) atoms. The number of piperazine rings is 1. The molecule has 166 valence electrons. The first-order chi connectivity index (χ1) is 14.9. The molecule has 0 aliphatic carbocycles. The lowest BCUT2D eigenvalue weighted by Crippen LogP contribution is -2.65. The molecule has 2 aliphatic heterocycles. The monoisotopic (exact) mass is 434 g/mol. The molecule has 2 heterocycles. The third kappa shape index (κ3) is 5.61. The largest absolute Gasteiger partial charge is 0.573 e. The molecule has 0 saturated carbocycles. The van der Waals surface area contributed by atoms with Gasteiger partial charge in [0.05, 0.1) is 0 Å². The number of hydrogen-bond acceptors (Lipinski definition) is 4. The van der Waals surface area contributed by atoms with Gasteiger partial charge in [-0.05, 0) is 29.8 Å². The number of benzene rings is 2. The van der Waals surface area contributed by atoms with Crippen LogP contribution in [0.15, 0.2) is 54.6 Å². The number of alkyl halides is 3. The number of ether oxygens (including phenoxy) is 1. The molecule has 2 fully saturated rings. The number of carbonyl (C=O) groups excluding carboxylic acids is 1. The second kappa shape index (κ2) is 9.05. The molecule has 2 aromatic carbocycles. The zero-order valence-electron chi connectivity index (χ0n) is 17.0. The third-order valence-electron chi connectivity index (χ3n) is 5.70. The highest BCUT2D eigenvalue weighted by molar-refractivity contribution is 5.75. The highest BCUT2D eigenvalue weighted by atomic mass is 19.4. The topological polar surface area (TPSA) is 48.1 Å². The van der Waals surface area contributed by atoms with Crippen LogP contribution in [0.3, 0.4) is 0 Å². The van der Waals surface area contributed by atoms with Crippen molar-refractivity contribution in [1.82, 2.24) is 15.1 Å². The maximum absolute atomic E-state index is 12.3. The van der Waals surface area contributed by atoms with Crippen molar-refractivity contribution in [2.24, 2.45) is 0 Å². The van der Waals surface area contributed by atoms with Crippen LogP contribution in [0.25, 0.3) is 0 Å². The lowest BCUT2D eigenvalue weighted by Gasteiger charge is -2.48. The Hall–Kier alpha value is -2.94. The van der Waals surface area contributed by atoms with Crippen molar-refractivity contribution >= 4 is 11.7 Å². The Morgan fingerprint density at radius 2 is 1.61 bits per heavy atom. The van der Waals surface area contributed by atoms with Gasteiger partial charge in [-0.25, -0.2) is 4.79 Å². The van der Waals surface area contributed by atoms with Gasteiger partial charge >= 0.3 is 12.4 Å². The summed E-state index contributed by atoms with van der Waals surface area (Å²) in [5, 5.41) is 2.95. The van der Waals surface area contributed by atoms with Crippen molar-refractivity contribution in [2.45, 2.75) is 18.9 Å². The summed E-state index contributed by atoms with van der Waals surface area (Å²) in [5.74, 6) is -0.213. The van der Waals surface area contributed by atoms with Crippen molar-refractivity contribution in [3.05, 3.63) is 60.2 Å². The second-order valence-electron chi connectivity index (χ2n) is 7.77. The van der Waals surface area contributed by atoms with E-state index in [1.54, 1.807) is 12.1 Å². The molecule has 0 radical (unpaired) electrons. The summed E-state index contributed by atoms with van der Waals surface area (Å²) < 4.78 is 40.8. The van der Waals surface area contributed by atoms with Crippen LogP contribution in [-0.2, 0) is 6.54 Å². The van der Waals surface area contributed by atoms with Gasteiger partial charge in [0, 0.05) is 57.5 Å². The smallest absolute Gasteiger partial charge is 0.406 e. The molecule has 9 heteroatoms. The van der Waals surface area contributed by atoms with E-state index in [0.29, 0.717) is 25.7 Å². The normalized spacial score (nSPS) is 17.9. The molecule has 6 nitrogen and oxygen atoms in total. The molecule has 2 saturated heterocycles. The van der Waals surface area contributed by atoms with E-state index in [1.807, 2.05) is 35.2 Å². The summed E-state index contributed by atoms with van der Waals surface area (Å²) >= 11 is 0. The predicted molar refractivity (Wildman–Crippen MR) is 111 cm³/mol. The lowest BCUT2D eigenvalue weighted by atomic mass is 10.1. The molecule has 1 N–H and O–H groups in total. The van der Waals surface area contributed by atoms with Gasteiger partial charge in [0.1, 0.15) is 5.75 Å². The van der Waals surface area contributed by atoms with Gasteiger partial charge in [0.15, 0.2) is 0 Å². The van der Waals surface area contributed by atoms with E-state index >= 15 is 0 Å². The molecule has 0 aromatic heterocycles. The molecule has 2 aliphatic rings. The highest BCUT2D eigenvalue weighted by Crippen LogP contribution is 2.26. The molecular formula is C22H25F3N4O2. The average molecular weight is 434 g/mol. The SMILES string of the molecule is O=C(NCc1ccccc1)N1CC(N2CCN(c3ccc(OC(F)(F)F)cc3)CC2)C1. The first-order valence-electron chi connectivity index (χ1n) is 10.3. The van der Waals surface area contributed by atoms with E-state index in [9.17, 15) is 18.0 Å². The number of halogens is 3. The number of urea groups is 1. The number of anilines is 1. The minimum atomic E-state index is -4.68. The predicted octanol–water partition coefficient (Wildman–Crippen LogP) is 3.30. The van der Waals surface area contributed by atoms with Crippen LogP contribution >= 0.6 is 0 Å². The van der Waals surface area contributed by atoms with Crippen molar-refractivity contribution in [2.75, 3.05) is 44.2 Å². The van der Waals surface area contributed by atoms with Crippen molar-refractivity contribution < 1.29 is 22.7 Å². The molecule has 2 amide bonds. The second-order valence-corrected chi connectivity index (χ2v) is 7.77. The van der Waals surface area contributed by atoms with E-state index in [4.69, 9.17) is 0 Å². The van der Waals surface area contributed by atoms with Crippen molar-refractivity contribution in [3.8, 4) is 5.75 Å².